The molecule has 0 rings (SSSR count). The van der Waals surface area contributed by atoms with Crippen molar-refractivity contribution in [3.05, 3.63) is 0 Å². The average Bonchev–Trinajstić information content (AvgIpc) is 2.50. The van der Waals surface area contributed by atoms with Gasteiger partial charge >= 0.3 is 62.6 Å². The second-order valence-electron chi connectivity index (χ2n) is 6.16. The predicted octanol–water partition coefficient (Wildman–Crippen LogP) is 4.70. The first-order valence-corrected chi connectivity index (χ1v) is 9.15. The van der Waals surface area contributed by atoms with Gasteiger partial charge in [-0.1, -0.05) is 96.8 Å². The molecule has 3 nitrogen and oxygen atoms in total. The number of carbonyl (C=O) groups is 1. The van der Waals surface area contributed by atoms with Crippen LogP contribution in [0.25, 0.3) is 0 Å². The summed E-state index contributed by atoms with van der Waals surface area (Å²) in [5, 5.41) is 8.10. The van der Waals surface area contributed by atoms with Crippen molar-refractivity contribution in [2.75, 3.05) is 0 Å². The molecule has 0 saturated heterocycles. The monoisotopic (exact) mass is 350 g/mol. The molecule has 0 bridgehead atoms. The molecule has 0 aromatic rings. The first kappa shape index (κ1) is 29.1. The molecule has 0 aliphatic carbocycles. The van der Waals surface area contributed by atoms with Crippen LogP contribution in [0.1, 0.15) is 110 Å². The summed E-state index contributed by atoms with van der Waals surface area (Å²) in [6, 6.07) is 0. The van der Waals surface area contributed by atoms with Gasteiger partial charge in [-0.05, 0) is 6.42 Å². The van der Waals surface area contributed by atoms with Crippen molar-refractivity contribution >= 4 is 62.6 Å². The van der Waals surface area contributed by atoms with Gasteiger partial charge in [0.05, 0.1) is 0 Å². The molecule has 0 aliphatic rings. The van der Waals surface area contributed by atoms with Crippen LogP contribution in [0.15, 0.2) is 0 Å². The quantitative estimate of drug-likeness (QED) is 0.190. The van der Waals surface area contributed by atoms with Crippen LogP contribution < -0.4 is 0 Å². The third-order valence-electron chi connectivity index (χ3n) is 4.09. The Balaban J connectivity index is -0.00000200. The molecule has 0 spiro atoms. The van der Waals surface area contributed by atoms with E-state index in [-0.39, 0.29) is 56.6 Å². The van der Waals surface area contributed by atoms with E-state index in [0.29, 0.717) is 6.42 Å². The van der Waals surface area contributed by atoms with Crippen molar-refractivity contribution in [2.24, 2.45) is 0 Å². The molecule has 0 aromatic carbocycles. The molecule has 0 aliphatic heterocycles. The summed E-state index contributed by atoms with van der Waals surface area (Å²) in [7, 11) is 0. The van der Waals surface area contributed by atoms with Crippen LogP contribution in [0.2, 0.25) is 0 Å². The van der Waals surface area contributed by atoms with E-state index in [1.54, 1.807) is 0 Å². The van der Waals surface area contributed by atoms with Crippen LogP contribution in [0.4, 0.5) is 0 Å². The molecule has 0 fully saturated rings. The second kappa shape index (κ2) is 25.5. The molecule has 0 aromatic heterocycles. The van der Waals surface area contributed by atoms with E-state index < -0.39 is 5.97 Å². The second-order valence-corrected chi connectivity index (χ2v) is 6.16. The predicted molar refractivity (Wildman–Crippen MR) is 104 cm³/mol. The first-order chi connectivity index (χ1) is 10.3. The Labute approximate surface area is 185 Å². The molecule has 0 heterocycles. The van der Waals surface area contributed by atoms with Gasteiger partial charge in [0.25, 0.3) is 0 Å². The van der Waals surface area contributed by atoms with Crippen molar-refractivity contribution in [2.45, 2.75) is 110 Å². The Hall–Kier alpha value is 1.29. The summed E-state index contributed by atoms with van der Waals surface area (Å²) < 4.78 is 0. The van der Waals surface area contributed by atoms with Crippen LogP contribution in [-0.4, -0.2) is 67.8 Å². The molecular formula is C18H39CaLiO3. The van der Waals surface area contributed by atoms with Crippen molar-refractivity contribution in [3.63, 3.8) is 0 Å². The van der Waals surface area contributed by atoms with E-state index in [1.165, 1.54) is 83.5 Å². The van der Waals surface area contributed by atoms with Gasteiger partial charge in [0.15, 0.2) is 0 Å². The van der Waals surface area contributed by atoms with E-state index in [9.17, 15) is 4.79 Å². The fourth-order valence-electron chi connectivity index (χ4n) is 2.69. The fourth-order valence-corrected chi connectivity index (χ4v) is 2.69. The Morgan fingerprint density at radius 2 is 1.00 bits per heavy atom. The zero-order valence-corrected chi connectivity index (χ0v) is 14.1. The van der Waals surface area contributed by atoms with Crippen LogP contribution in [0, 0.1) is 0 Å². The fraction of sp³-hybridized carbons (Fsp3) is 0.944. The van der Waals surface area contributed by atoms with E-state index in [0.717, 1.165) is 12.8 Å². The van der Waals surface area contributed by atoms with Crippen LogP contribution in [0.5, 0.6) is 0 Å². The van der Waals surface area contributed by atoms with Crippen molar-refractivity contribution in [1.82, 2.24) is 0 Å². The maximum atomic E-state index is 10.7. The molecule has 0 saturated carbocycles. The Bertz CT molecular complexity index is 228. The molecule has 1 N–H and O–H groups in total. The van der Waals surface area contributed by atoms with Gasteiger partial charge in [0, 0.05) is 6.42 Å². The van der Waals surface area contributed by atoms with Crippen LogP contribution >= 0.6 is 0 Å². The van der Waals surface area contributed by atoms with Crippen LogP contribution in [0.3, 0.4) is 0 Å². The summed E-state index contributed by atoms with van der Waals surface area (Å²) in [5.41, 5.74) is 0. The van der Waals surface area contributed by atoms with Crippen molar-refractivity contribution in [1.29, 1.82) is 0 Å². The summed E-state index contributed by atoms with van der Waals surface area (Å²) in [6.45, 7) is 2.27. The van der Waals surface area contributed by atoms with Crippen molar-refractivity contribution in [3.8, 4) is 0 Å². The molecule has 0 radical (unpaired) electrons. The number of unbranched alkanes of at least 4 members (excludes halogenated alkanes) is 14. The Morgan fingerprint density at radius 1 is 0.696 bits per heavy atom. The molecule has 23 heavy (non-hydrogen) atoms. The number of hydrogen-bond donors (Lipinski definition) is 1. The third kappa shape index (κ3) is 25.6. The normalized spacial score (nSPS) is 9.83. The average molecular weight is 351 g/mol. The number of carbonyl (C=O) groups excluding carboxylic acids is 1. The Kier molecular flexibility index (Phi) is 32.3. The molecule has 0 amide bonds. The summed E-state index contributed by atoms with van der Waals surface area (Å²) >= 11 is 0. The Morgan fingerprint density at radius 3 is 1.30 bits per heavy atom. The zero-order chi connectivity index (χ0) is 15.6. The van der Waals surface area contributed by atoms with Gasteiger partial charge in [-0.3, -0.25) is 0 Å². The number of rotatable bonds is 16. The van der Waals surface area contributed by atoms with Gasteiger partial charge in [-0.25, -0.2) is 4.79 Å². The SMILES string of the molecule is CCCCCCCCCCCCCCCCCC(=O)OO.[CaH2].[LiH]. The summed E-state index contributed by atoms with van der Waals surface area (Å²) in [4.78, 5) is 14.3. The first-order valence-electron chi connectivity index (χ1n) is 9.15. The van der Waals surface area contributed by atoms with E-state index in [4.69, 9.17) is 5.26 Å². The minimum absolute atomic E-state index is 0. The van der Waals surface area contributed by atoms with Gasteiger partial charge in [-0.2, -0.15) is 5.26 Å². The topological polar surface area (TPSA) is 46.5 Å². The molecule has 5 heteroatoms. The summed E-state index contributed by atoms with van der Waals surface area (Å²) in [6.07, 6.45) is 20.0. The third-order valence-corrected chi connectivity index (χ3v) is 4.09. The molecule has 132 valence electrons. The molecular weight excluding hydrogens is 311 g/mol. The molecule has 0 unspecified atom stereocenters. The molecule has 0 atom stereocenters. The van der Waals surface area contributed by atoms with E-state index >= 15 is 0 Å². The van der Waals surface area contributed by atoms with Gasteiger partial charge in [0.2, 0.25) is 0 Å². The van der Waals surface area contributed by atoms with Gasteiger partial charge in [0.1, 0.15) is 0 Å². The van der Waals surface area contributed by atoms with Crippen molar-refractivity contribution < 1.29 is 14.9 Å². The zero-order valence-electron chi connectivity index (χ0n) is 14.1. The summed E-state index contributed by atoms with van der Waals surface area (Å²) in [5.74, 6) is -0.510. The standard InChI is InChI=1S/C18H36O3.Ca.Li.3H/c1-2-3-4-5-6-7-8-9-10-11-12-13-14-15-16-17-18(19)21-20;;;;;/h20H,2-17H2,1H3;;;;;. The van der Waals surface area contributed by atoms with Crippen LogP contribution in [-0.2, 0) is 9.68 Å². The maximum absolute atomic E-state index is 10.7. The van der Waals surface area contributed by atoms with Gasteiger partial charge < -0.3 is 4.89 Å². The van der Waals surface area contributed by atoms with Gasteiger partial charge in [-0.15, -0.1) is 0 Å². The minimum atomic E-state index is -0.510. The number of hydrogen-bond acceptors (Lipinski definition) is 3. The van der Waals surface area contributed by atoms with E-state index in [1.807, 2.05) is 0 Å². The van der Waals surface area contributed by atoms with E-state index in [2.05, 4.69) is 11.8 Å².